The van der Waals surface area contributed by atoms with E-state index < -0.39 is 140 Å². The summed E-state index contributed by atoms with van der Waals surface area (Å²) >= 11 is 0. The molecule has 65 heavy (non-hydrogen) atoms. The topological polar surface area (TPSA) is 324 Å². The van der Waals surface area contributed by atoms with Gasteiger partial charge in [0, 0.05) is 32.1 Å². The maximum Gasteiger partial charge on any atom is 0.336 e. The second-order valence-corrected chi connectivity index (χ2v) is 15.6. The van der Waals surface area contributed by atoms with Gasteiger partial charge in [0.25, 0.3) is 5.91 Å². The third-order valence-corrected chi connectivity index (χ3v) is 10.6. The van der Waals surface area contributed by atoms with Crippen molar-refractivity contribution in [1.82, 2.24) is 31.9 Å². The minimum atomic E-state index is -3.11. The van der Waals surface area contributed by atoms with E-state index in [4.69, 9.17) is 0 Å². The quantitative estimate of drug-likeness (QED) is 0.0595. The Balaban J connectivity index is 2.11. The molecule has 0 saturated heterocycles. The average Bonchev–Trinajstić information content (AvgIpc) is 3.25. The Morgan fingerprint density at radius 2 is 1.00 bits per heavy atom. The highest BCUT2D eigenvalue weighted by Crippen LogP contribution is 2.30. The number of rotatable bonds is 26. The van der Waals surface area contributed by atoms with Crippen molar-refractivity contribution in [3.05, 3.63) is 71.8 Å². The SMILES string of the molecule is CC(=O)N[C@@H](C(=O)O)C(=O)N[C@@H](CCC(=O)O)C(=O)N[C@H](C(=O)N[C@@H](CCC(=O)O)C(=O)N[C@@H](CC1CCCCC1)C(=O)N[C@@H](CC(F)F)C(=O)O)C(c1ccccc1)c1ccccc1. The van der Waals surface area contributed by atoms with E-state index >= 15 is 0 Å². The molecular weight excluding hydrogens is 862 g/mol. The second kappa shape index (κ2) is 25.9. The van der Waals surface area contributed by atoms with Crippen LogP contribution in [0.2, 0.25) is 0 Å². The number of carbonyl (C=O) groups excluding carboxylic acids is 6. The minimum Gasteiger partial charge on any atom is -0.481 e. The van der Waals surface area contributed by atoms with E-state index in [1.54, 1.807) is 60.7 Å². The molecule has 22 heteroatoms. The number of carbonyl (C=O) groups is 10. The molecule has 354 valence electrons. The molecule has 2 aromatic rings. The summed E-state index contributed by atoms with van der Waals surface area (Å²) in [5.74, 6) is -14.6. The van der Waals surface area contributed by atoms with Crippen LogP contribution in [-0.2, 0) is 47.9 Å². The highest BCUT2D eigenvalue weighted by molar-refractivity contribution is 6.05. The maximum absolute atomic E-state index is 14.7. The fraction of sp³-hybridized carbons (Fsp3) is 0.488. The predicted octanol–water partition coefficient (Wildman–Crippen LogP) is 1.27. The maximum atomic E-state index is 14.7. The Hall–Kier alpha value is -7.00. The zero-order valence-electron chi connectivity index (χ0n) is 35.4. The molecule has 6 atom stereocenters. The fourth-order valence-corrected chi connectivity index (χ4v) is 7.42. The van der Waals surface area contributed by atoms with Gasteiger partial charge >= 0.3 is 23.9 Å². The summed E-state index contributed by atoms with van der Waals surface area (Å²) in [6.45, 7) is 0.926. The molecule has 0 aliphatic heterocycles. The van der Waals surface area contributed by atoms with Gasteiger partial charge in [-0.3, -0.25) is 38.4 Å². The lowest BCUT2D eigenvalue weighted by Crippen LogP contribution is -2.61. The van der Waals surface area contributed by atoms with Crippen LogP contribution >= 0.6 is 0 Å². The number of alkyl halides is 2. The highest BCUT2D eigenvalue weighted by Gasteiger charge is 2.39. The van der Waals surface area contributed by atoms with Gasteiger partial charge in [0.05, 0.1) is 0 Å². The molecule has 0 bridgehead atoms. The first kappa shape index (κ1) is 52.3. The van der Waals surface area contributed by atoms with Crippen molar-refractivity contribution < 1.29 is 77.2 Å². The fourth-order valence-electron chi connectivity index (χ4n) is 7.42. The van der Waals surface area contributed by atoms with Gasteiger partial charge in [-0.25, -0.2) is 18.4 Å². The van der Waals surface area contributed by atoms with Crippen molar-refractivity contribution in [2.75, 3.05) is 0 Å². The number of hydrogen-bond donors (Lipinski definition) is 10. The van der Waals surface area contributed by atoms with Gasteiger partial charge < -0.3 is 52.3 Å². The van der Waals surface area contributed by atoms with E-state index in [0.29, 0.717) is 24.0 Å². The molecule has 10 N–H and O–H groups in total. The molecule has 0 unspecified atom stereocenters. The van der Waals surface area contributed by atoms with Crippen LogP contribution in [0.1, 0.15) is 94.6 Å². The normalized spacial score (nSPS) is 15.5. The Bertz CT molecular complexity index is 1960. The van der Waals surface area contributed by atoms with Gasteiger partial charge in [0.2, 0.25) is 42.0 Å². The van der Waals surface area contributed by atoms with Gasteiger partial charge in [-0.15, -0.1) is 0 Å². The third-order valence-electron chi connectivity index (χ3n) is 10.6. The van der Waals surface area contributed by atoms with E-state index in [2.05, 4.69) is 21.3 Å². The van der Waals surface area contributed by atoms with Crippen molar-refractivity contribution in [3.8, 4) is 0 Å². The Morgan fingerprint density at radius 3 is 1.45 bits per heavy atom. The Labute approximate surface area is 371 Å². The molecular formula is C43H54F2N6O14. The van der Waals surface area contributed by atoms with Crippen LogP contribution in [0.25, 0.3) is 0 Å². The van der Waals surface area contributed by atoms with Crippen molar-refractivity contribution in [3.63, 3.8) is 0 Å². The van der Waals surface area contributed by atoms with Gasteiger partial charge in [0.15, 0.2) is 0 Å². The van der Waals surface area contributed by atoms with Crippen LogP contribution in [0.4, 0.5) is 8.78 Å². The standard InChI is InChI=1S/C43H54F2N6O14/c1-23(52)46-36(43(64)65)41(61)48-28(18-20-33(55)56)38(58)51-35(34(25-13-7-3-8-14-25)26-15-9-4-10-16-26)40(60)47-27(17-19-32(53)54)37(57)49-29(21-24-11-5-2-6-12-24)39(59)50-30(42(62)63)22-31(44)45/h3-4,7-10,13-16,24,27-31,34-36H,2,5-6,11-12,17-22H2,1H3,(H,46,52)(H,47,60)(H,48,61)(H,49,57)(H,50,59)(H,51,58)(H,53,54)(H,55,56)(H,62,63)(H,64,65)/t27-,28-,29-,30-,35-,36+/m0/s1. The van der Waals surface area contributed by atoms with E-state index in [9.17, 15) is 77.2 Å². The van der Waals surface area contributed by atoms with Gasteiger partial charge in [-0.05, 0) is 36.3 Å². The number of halogens is 2. The van der Waals surface area contributed by atoms with Crippen molar-refractivity contribution in [1.29, 1.82) is 0 Å². The molecule has 1 fully saturated rings. The number of nitrogens with one attached hydrogen (secondary N) is 6. The summed E-state index contributed by atoms with van der Waals surface area (Å²) in [5.41, 5.74) is 0.795. The molecule has 0 heterocycles. The Kier molecular flexibility index (Phi) is 20.9. The number of carboxylic acid groups (broad SMARTS) is 4. The van der Waals surface area contributed by atoms with Crippen LogP contribution < -0.4 is 31.9 Å². The largest absolute Gasteiger partial charge is 0.481 e. The summed E-state index contributed by atoms with van der Waals surface area (Å²) in [7, 11) is 0. The molecule has 0 radical (unpaired) electrons. The molecule has 20 nitrogen and oxygen atoms in total. The van der Waals surface area contributed by atoms with Gasteiger partial charge in [0.1, 0.15) is 30.2 Å². The molecule has 0 spiro atoms. The average molecular weight is 917 g/mol. The monoisotopic (exact) mass is 916 g/mol. The van der Waals surface area contributed by atoms with Crippen molar-refractivity contribution in [2.45, 2.75) is 126 Å². The summed E-state index contributed by atoms with van der Waals surface area (Å²) < 4.78 is 26.5. The number of aliphatic carboxylic acids is 4. The van der Waals surface area contributed by atoms with E-state index in [1.807, 2.05) is 10.6 Å². The summed E-state index contributed by atoms with van der Waals surface area (Å²) in [6, 6.07) is 4.97. The lowest BCUT2D eigenvalue weighted by molar-refractivity contribution is -0.147. The third kappa shape index (κ3) is 17.6. The second-order valence-electron chi connectivity index (χ2n) is 15.6. The summed E-state index contributed by atoms with van der Waals surface area (Å²) in [5, 5.41) is 51.7. The summed E-state index contributed by atoms with van der Waals surface area (Å²) in [6.07, 6.45) is -3.45. The Morgan fingerprint density at radius 1 is 0.554 bits per heavy atom. The number of benzene rings is 2. The molecule has 6 amide bonds. The van der Waals surface area contributed by atoms with Crippen LogP contribution in [0, 0.1) is 5.92 Å². The number of hydrogen-bond acceptors (Lipinski definition) is 10. The first-order chi connectivity index (χ1) is 30.8. The minimum absolute atomic E-state index is 0.0604. The molecule has 2 aromatic carbocycles. The van der Waals surface area contributed by atoms with E-state index in [-0.39, 0.29) is 12.3 Å². The van der Waals surface area contributed by atoms with Crippen LogP contribution in [0.5, 0.6) is 0 Å². The first-order valence-corrected chi connectivity index (χ1v) is 20.8. The molecule has 1 aliphatic rings. The zero-order valence-corrected chi connectivity index (χ0v) is 35.4. The van der Waals surface area contributed by atoms with E-state index in [0.717, 1.165) is 26.2 Å². The number of amides is 6. The van der Waals surface area contributed by atoms with Gasteiger partial charge in [-0.2, -0.15) is 0 Å². The van der Waals surface area contributed by atoms with Crippen LogP contribution in [-0.4, -0.2) is 122 Å². The lowest BCUT2D eigenvalue weighted by atomic mass is 9.84. The molecule has 3 rings (SSSR count). The lowest BCUT2D eigenvalue weighted by Gasteiger charge is -2.32. The smallest absolute Gasteiger partial charge is 0.336 e. The number of carboxylic acids is 4. The van der Waals surface area contributed by atoms with Gasteiger partial charge in [-0.1, -0.05) is 92.8 Å². The van der Waals surface area contributed by atoms with E-state index in [1.165, 1.54) is 0 Å². The van der Waals surface area contributed by atoms with Crippen molar-refractivity contribution >= 4 is 59.3 Å². The molecule has 0 aromatic heterocycles. The van der Waals surface area contributed by atoms with Crippen LogP contribution in [0.15, 0.2) is 60.7 Å². The zero-order chi connectivity index (χ0) is 48.2. The molecule has 1 aliphatic carbocycles. The molecule has 1 saturated carbocycles. The first-order valence-electron chi connectivity index (χ1n) is 20.8. The van der Waals surface area contributed by atoms with Crippen LogP contribution in [0.3, 0.4) is 0 Å². The van der Waals surface area contributed by atoms with Crippen molar-refractivity contribution in [2.24, 2.45) is 5.92 Å². The summed E-state index contributed by atoms with van der Waals surface area (Å²) in [4.78, 5) is 129. The predicted molar refractivity (Wildman–Crippen MR) is 223 cm³/mol. The highest BCUT2D eigenvalue weighted by atomic mass is 19.3.